The maximum absolute atomic E-state index is 13.8. The number of nitrogens with one attached hydrogen (secondary N) is 2. The van der Waals surface area contributed by atoms with E-state index in [-0.39, 0.29) is 41.6 Å². The number of halogens is 2. The van der Waals surface area contributed by atoms with Crippen LogP contribution in [0.4, 0.5) is 4.39 Å². The molecular formula is C18H25FIN3O2. The van der Waals surface area contributed by atoms with Gasteiger partial charge in [-0.15, -0.1) is 24.0 Å². The molecule has 0 aliphatic rings. The SMILES string of the molecule is CN=C(NCc1cc(C)oc1C)NC(C)c1ccc(OC)c(F)c1.I. The molecule has 1 heterocycles. The first kappa shape index (κ1) is 21.3. The van der Waals surface area contributed by atoms with E-state index in [1.54, 1.807) is 13.1 Å². The summed E-state index contributed by atoms with van der Waals surface area (Å²) >= 11 is 0. The van der Waals surface area contributed by atoms with Crippen LogP contribution in [0.3, 0.4) is 0 Å². The van der Waals surface area contributed by atoms with Gasteiger partial charge in [-0.2, -0.15) is 0 Å². The van der Waals surface area contributed by atoms with Gasteiger partial charge in [-0.1, -0.05) is 6.07 Å². The molecule has 25 heavy (non-hydrogen) atoms. The molecule has 1 aromatic heterocycles. The number of aryl methyl sites for hydroxylation is 2. The molecule has 2 N–H and O–H groups in total. The molecule has 5 nitrogen and oxygen atoms in total. The van der Waals surface area contributed by atoms with Crippen LogP contribution in [0, 0.1) is 19.7 Å². The third-order valence-corrected chi connectivity index (χ3v) is 3.84. The Morgan fingerprint density at radius 1 is 1.32 bits per heavy atom. The summed E-state index contributed by atoms with van der Waals surface area (Å²) in [6.07, 6.45) is 0. The zero-order valence-corrected chi connectivity index (χ0v) is 17.5. The Balaban J connectivity index is 0.00000312. The summed E-state index contributed by atoms with van der Waals surface area (Å²) in [4.78, 5) is 4.21. The number of hydrogen-bond acceptors (Lipinski definition) is 3. The number of methoxy groups -OCH3 is 1. The lowest BCUT2D eigenvalue weighted by Crippen LogP contribution is -2.38. The van der Waals surface area contributed by atoms with E-state index in [2.05, 4.69) is 15.6 Å². The van der Waals surface area contributed by atoms with Crippen LogP contribution in [-0.4, -0.2) is 20.1 Å². The fourth-order valence-electron chi connectivity index (χ4n) is 2.47. The van der Waals surface area contributed by atoms with E-state index < -0.39 is 0 Å². The molecule has 0 saturated heterocycles. The molecular weight excluding hydrogens is 436 g/mol. The molecule has 1 aromatic carbocycles. The lowest BCUT2D eigenvalue weighted by molar-refractivity contribution is 0.386. The van der Waals surface area contributed by atoms with Crippen molar-refractivity contribution in [2.75, 3.05) is 14.2 Å². The first-order chi connectivity index (χ1) is 11.4. The van der Waals surface area contributed by atoms with Gasteiger partial charge in [0.15, 0.2) is 17.5 Å². The van der Waals surface area contributed by atoms with Crippen LogP contribution in [-0.2, 0) is 6.54 Å². The lowest BCUT2D eigenvalue weighted by atomic mass is 10.1. The van der Waals surface area contributed by atoms with Crippen LogP contribution in [0.15, 0.2) is 33.7 Å². The topological polar surface area (TPSA) is 58.8 Å². The smallest absolute Gasteiger partial charge is 0.191 e. The Bertz CT molecular complexity index is 731. The molecule has 0 aliphatic carbocycles. The van der Waals surface area contributed by atoms with Gasteiger partial charge in [0.05, 0.1) is 13.2 Å². The van der Waals surface area contributed by atoms with E-state index in [1.165, 1.54) is 13.2 Å². The van der Waals surface area contributed by atoms with Crippen LogP contribution >= 0.6 is 24.0 Å². The second-order valence-electron chi connectivity index (χ2n) is 5.62. The van der Waals surface area contributed by atoms with Crippen molar-refractivity contribution in [3.63, 3.8) is 0 Å². The van der Waals surface area contributed by atoms with Crippen molar-refractivity contribution in [1.82, 2.24) is 10.6 Å². The Morgan fingerprint density at radius 2 is 2.04 bits per heavy atom. The van der Waals surface area contributed by atoms with Crippen molar-refractivity contribution in [2.45, 2.75) is 33.4 Å². The molecule has 0 aliphatic heterocycles. The Morgan fingerprint density at radius 3 is 2.56 bits per heavy atom. The van der Waals surface area contributed by atoms with Gasteiger partial charge in [0.1, 0.15) is 11.5 Å². The third kappa shape index (κ3) is 5.62. The summed E-state index contributed by atoms with van der Waals surface area (Å²) < 4.78 is 24.3. The number of furan rings is 1. The monoisotopic (exact) mass is 461 g/mol. The van der Waals surface area contributed by atoms with Crippen LogP contribution in [0.2, 0.25) is 0 Å². The second-order valence-corrected chi connectivity index (χ2v) is 5.62. The van der Waals surface area contributed by atoms with E-state index in [0.29, 0.717) is 12.5 Å². The Labute approximate surface area is 165 Å². The molecule has 2 rings (SSSR count). The van der Waals surface area contributed by atoms with Crippen LogP contribution in [0.25, 0.3) is 0 Å². The average Bonchev–Trinajstić information content (AvgIpc) is 2.88. The van der Waals surface area contributed by atoms with Crippen molar-refractivity contribution in [3.8, 4) is 5.75 Å². The standard InChI is InChI=1S/C18H24FN3O2.HI/c1-11-8-15(13(3)24-11)10-21-18(20-4)22-12(2)14-6-7-17(23-5)16(19)9-14;/h6-9,12H,10H2,1-5H3,(H2,20,21,22);1H. The van der Waals surface area contributed by atoms with Gasteiger partial charge in [0, 0.05) is 19.2 Å². The minimum absolute atomic E-state index is 0. The van der Waals surface area contributed by atoms with Gasteiger partial charge in [0.25, 0.3) is 0 Å². The van der Waals surface area contributed by atoms with Gasteiger partial charge in [-0.3, -0.25) is 4.99 Å². The summed E-state index contributed by atoms with van der Waals surface area (Å²) in [6, 6.07) is 6.81. The number of hydrogen-bond donors (Lipinski definition) is 2. The second kappa shape index (κ2) is 9.65. The number of benzene rings is 1. The van der Waals surface area contributed by atoms with Gasteiger partial charge < -0.3 is 19.8 Å². The lowest BCUT2D eigenvalue weighted by Gasteiger charge is -2.18. The van der Waals surface area contributed by atoms with Crippen LogP contribution in [0.1, 0.15) is 35.6 Å². The van der Waals surface area contributed by atoms with Crippen molar-refractivity contribution in [2.24, 2.45) is 4.99 Å². The number of ether oxygens (including phenoxy) is 1. The van der Waals surface area contributed by atoms with Crippen molar-refractivity contribution >= 4 is 29.9 Å². The van der Waals surface area contributed by atoms with E-state index in [0.717, 1.165) is 22.6 Å². The molecule has 0 bridgehead atoms. The van der Waals surface area contributed by atoms with E-state index in [4.69, 9.17) is 9.15 Å². The van der Waals surface area contributed by atoms with Gasteiger partial charge in [0.2, 0.25) is 0 Å². The maximum Gasteiger partial charge on any atom is 0.191 e. The number of guanidine groups is 1. The maximum atomic E-state index is 13.8. The molecule has 1 atom stereocenters. The van der Waals surface area contributed by atoms with Crippen LogP contribution < -0.4 is 15.4 Å². The molecule has 138 valence electrons. The number of aliphatic imine (C=N–C) groups is 1. The van der Waals surface area contributed by atoms with Crippen molar-refractivity contribution in [1.29, 1.82) is 0 Å². The zero-order chi connectivity index (χ0) is 17.7. The largest absolute Gasteiger partial charge is 0.494 e. The Hall–Kier alpha value is -1.77. The molecule has 0 amide bonds. The van der Waals surface area contributed by atoms with Gasteiger partial charge in [-0.05, 0) is 44.5 Å². The quantitative estimate of drug-likeness (QED) is 0.400. The van der Waals surface area contributed by atoms with Crippen molar-refractivity contribution < 1.29 is 13.5 Å². The summed E-state index contributed by atoms with van der Waals surface area (Å²) in [7, 11) is 3.15. The minimum atomic E-state index is -0.379. The summed E-state index contributed by atoms with van der Waals surface area (Å²) in [5, 5.41) is 6.48. The molecule has 2 aromatic rings. The highest BCUT2D eigenvalue weighted by Gasteiger charge is 2.12. The highest BCUT2D eigenvalue weighted by atomic mass is 127. The molecule has 0 fully saturated rings. The minimum Gasteiger partial charge on any atom is -0.494 e. The zero-order valence-electron chi connectivity index (χ0n) is 15.1. The predicted octanol–water partition coefficient (Wildman–Crippen LogP) is 4.09. The average molecular weight is 461 g/mol. The number of rotatable bonds is 5. The van der Waals surface area contributed by atoms with Crippen molar-refractivity contribution in [3.05, 3.63) is 52.7 Å². The van der Waals surface area contributed by atoms with E-state index in [9.17, 15) is 4.39 Å². The molecule has 7 heteroatoms. The molecule has 0 saturated carbocycles. The first-order valence-electron chi connectivity index (χ1n) is 7.81. The fraction of sp³-hybridized carbons (Fsp3) is 0.389. The molecule has 0 radical (unpaired) electrons. The predicted molar refractivity (Wildman–Crippen MR) is 108 cm³/mol. The summed E-state index contributed by atoms with van der Waals surface area (Å²) in [5.41, 5.74) is 1.89. The Kier molecular flexibility index (Phi) is 8.21. The van der Waals surface area contributed by atoms with Gasteiger partial charge in [-0.25, -0.2) is 4.39 Å². The first-order valence-corrected chi connectivity index (χ1v) is 7.81. The molecule has 0 spiro atoms. The normalized spacial score (nSPS) is 12.3. The summed E-state index contributed by atoms with van der Waals surface area (Å²) in [6.45, 7) is 6.40. The third-order valence-electron chi connectivity index (χ3n) is 3.84. The number of nitrogens with zero attached hydrogens (tertiary/aromatic N) is 1. The van der Waals surface area contributed by atoms with Gasteiger partial charge >= 0.3 is 0 Å². The van der Waals surface area contributed by atoms with E-state index >= 15 is 0 Å². The highest BCUT2D eigenvalue weighted by Crippen LogP contribution is 2.21. The molecule has 1 unspecified atom stereocenters. The van der Waals surface area contributed by atoms with Crippen LogP contribution in [0.5, 0.6) is 5.75 Å². The highest BCUT2D eigenvalue weighted by molar-refractivity contribution is 14.0. The van der Waals surface area contributed by atoms with E-state index in [1.807, 2.05) is 32.9 Å². The summed E-state index contributed by atoms with van der Waals surface area (Å²) in [5.74, 6) is 2.27. The fourth-order valence-corrected chi connectivity index (χ4v) is 2.47.